The molecule has 0 aromatic rings. The van der Waals surface area contributed by atoms with Crippen molar-refractivity contribution in [2.45, 2.75) is 39.0 Å². The largest absolute Gasteiger partial charge is 0.390 e. The monoisotopic (exact) mass is 146 g/mol. The summed E-state index contributed by atoms with van der Waals surface area (Å²) in [7, 11) is 0. The molecule has 0 amide bonds. The SMILES string of the molecule is C[C@H]1[C@H](O)[C@@H](F)CC[C@H]1C. The molecule has 60 valence electrons. The Morgan fingerprint density at radius 1 is 1.30 bits per heavy atom. The van der Waals surface area contributed by atoms with Crippen molar-refractivity contribution in [1.29, 1.82) is 0 Å². The summed E-state index contributed by atoms with van der Waals surface area (Å²) in [5, 5.41) is 9.24. The molecule has 0 spiro atoms. The van der Waals surface area contributed by atoms with Gasteiger partial charge in [-0.3, -0.25) is 0 Å². The standard InChI is InChI=1S/C8H15FO/c1-5-3-4-7(9)8(10)6(5)2/h5-8,10H,3-4H2,1-2H3/t5-,6-,7+,8+/m1/s1. The van der Waals surface area contributed by atoms with Crippen molar-refractivity contribution in [1.82, 2.24) is 0 Å². The lowest BCUT2D eigenvalue weighted by atomic mass is 9.79. The minimum atomic E-state index is -0.980. The van der Waals surface area contributed by atoms with Gasteiger partial charge < -0.3 is 5.11 Å². The molecule has 0 bridgehead atoms. The van der Waals surface area contributed by atoms with E-state index in [1.54, 1.807) is 0 Å². The number of hydrogen-bond donors (Lipinski definition) is 1. The van der Waals surface area contributed by atoms with Crippen molar-refractivity contribution < 1.29 is 9.50 Å². The van der Waals surface area contributed by atoms with Crippen LogP contribution in [-0.4, -0.2) is 17.4 Å². The fourth-order valence-electron chi connectivity index (χ4n) is 1.52. The predicted molar refractivity (Wildman–Crippen MR) is 38.5 cm³/mol. The lowest BCUT2D eigenvalue weighted by Crippen LogP contribution is -2.37. The maximum atomic E-state index is 12.8. The van der Waals surface area contributed by atoms with Gasteiger partial charge >= 0.3 is 0 Å². The number of alkyl halides is 1. The van der Waals surface area contributed by atoms with Crippen molar-refractivity contribution >= 4 is 0 Å². The lowest BCUT2D eigenvalue weighted by molar-refractivity contribution is -0.0180. The molecule has 0 saturated heterocycles. The number of aliphatic hydroxyl groups is 1. The molecule has 1 aliphatic rings. The van der Waals surface area contributed by atoms with Gasteiger partial charge in [-0.15, -0.1) is 0 Å². The van der Waals surface area contributed by atoms with Gasteiger partial charge in [-0.2, -0.15) is 0 Å². The highest BCUT2D eigenvalue weighted by Crippen LogP contribution is 2.31. The van der Waals surface area contributed by atoms with Gasteiger partial charge in [-0.05, 0) is 24.7 Å². The zero-order valence-electron chi connectivity index (χ0n) is 6.55. The first-order valence-corrected chi connectivity index (χ1v) is 3.95. The van der Waals surface area contributed by atoms with E-state index in [1.807, 2.05) is 6.92 Å². The molecule has 0 unspecified atom stereocenters. The average molecular weight is 146 g/mol. The Bertz CT molecular complexity index is 102. The summed E-state index contributed by atoms with van der Waals surface area (Å²) < 4.78 is 12.8. The molecule has 1 nitrogen and oxygen atoms in total. The predicted octanol–water partition coefficient (Wildman–Crippen LogP) is 1.75. The van der Waals surface area contributed by atoms with Crippen LogP contribution >= 0.6 is 0 Å². The molecule has 0 aromatic heterocycles. The van der Waals surface area contributed by atoms with Crippen LogP contribution in [0.3, 0.4) is 0 Å². The normalized spacial score (nSPS) is 49.2. The highest BCUT2D eigenvalue weighted by atomic mass is 19.1. The second kappa shape index (κ2) is 2.87. The van der Waals surface area contributed by atoms with Crippen LogP contribution in [0.5, 0.6) is 0 Å². The second-order valence-electron chi connectivity index (χ2n) is 3.42. The summed E-state index contributed by atoms with van der Waals surface area (Å²) in [4.78, 5) is 0. The Hall–Kier alpha value is -0.110. The van der Waals surface area contributed by atoms with Crippen LogP contribution in [0.25, 0.3) is 0 Å². The summed E-state index contributed by atoms with van der Waals surface area (Å²) in [5.74, 6) is 0.603. The zero-order valence-corrected chi connectivity index (χ0v) is 6.55. The molecule has 0 aromatic carbocycles. The maximum Gasteiger partial charge on any atom is 0.126 e. The van der Waals surface area contributed by atoms with Gasteiger partial charge in [0.15, 0.2) is 0 Å². The Labute approximate surface area is 61.2 Å². The minimum absolute atomic E-state index is 0.128. The minimum Gasteiger partial charge on any atom is -0.390 e. The van der Waals surface area contributed by atoms with Gasteiger partial charge in [0, 0.05) is 0 Å². The third-order valence-corrected chi connectivity index (χ3v) is 2.70. The summed E-state index contributed by atoms with van der Waals surface area (Å²) >= 11 is 0. The highest BCUT2D eigenvalue weighted by Gasteiger charge is 2.33. The maximum absolute atomic E-state index is 12.8. The number of hydrogen-bond acceptors (Lipinski definition) is 1. The van der Waals surface area contributed by atoms with E-state index in [0.29, 0.717) is 12.3 Å². The smallest absolute Gasteiger partial charge is 0.126 e. The fraction of sp³-hybridized carbons (Fsp3) is 1.00. The van der Waals surface area contributed by atoms with Gasteiger partial charge in [0.2, 0.25) is 0 Å². The highest BCUT2D eigenvalue weighted by molar-refractivity contribution is 4.82. The summed E-state index contributed by atoms with van der Waals surface area (Å²) in [6.45, 7) is 3.99. The molecule has 0 aliphatic heterocycles. The first-order chi connectivity index (χ1) is 4.63. The van der Waals surface area contributed by atoms with Crippen LogP contribution in [0.1, 0.15) is 26.7 Å². The van der Waals surface area contributed by atoms with Gasteiger partial charge in [-0.1, -0.05) is 13.8 Å². The van der Waals surface area contributed by atoms with E-state index < -0.39 is 12.3 Å². The van der Waals surface area contributed by atoms with Crippen molar-refractivity contribution in [3.8, 4) is 0 Å². The molecule has 0 radical (unpaired) electrons. The third kappa shape index (κ3) is 1.31. The van der Waals surface area contributed by atoms with E-state index in [-0.39, 0.29) is 5.92 Å². The molecule has 4 atom stereocenters. The zero-order chi connectivity index (χ0) is 7.72. The van der Waals surface area contributed by atoms with Crippen molar-refractivity contribution in [2.24, 2.45) is 11.8 Å². The first-order valence-electron chi connectivity index (χ1n) is 3.95. The van der Waals surface area contributed by atoms with E-state index >= 15 is 0 Å². The Morgan fingerprint density at radius 3 is 2.40 bits per heavy atom. The van der Waals surface area contributed by atoms with E-state index in [4.69, 9.17) is 0 Å². The molecule has 1 fully saturated rings. The molecule has 0 heterocycles. The number of halogens is 1. The molecule has 1 aliphatic carbocycles. The second-order valence-corrected chi connectivity index (χ2v) is 3.42. The molecular weight excluding hydrogens is 131 g/mol. The number of rotatable bonds is 0. The Balaban J connectivity index is 2.52. The van der Waals surface area contributed by atoms with Crippen molar-refractivity contribution in [3.63, 3.8) is 0 Å². The van der Waals surface area contributed by atoms with Gasteiger partial charge in [0.05, 0.1) is 6.10 Å². The van der Waals surface area contributed by atoms with Gasteiger partial charge in [-0.25, -0.2) is 4.39 Å². The van der Waals surface area contributed by atoms with E-state index in [0.717, 1.165) is 6.42 Å². The van der Waals surface area contributed by atoms with Crippen LogP contribution in [0, 0.1) is 11.8 Å². The van der Waals surface area contributed by atoms with Crippen molar-refractivity contribution in [3.05, 3.63) is 0 Å². The molecule has 1 rings (SSSR count). The summed E-state index contributed by atoms with van der Waals surface area (Å²) in [6.07, 6.45) is -0.249. The molecule has 10 heavy (non-hydrogen) atoms. The fourth-order valence-corrected chi connectivity index (χ4v) is 1.52. The topological polar surface area (TPSA) is 20.2 Å². The Kier molecular flexibility index (Phi) is 2.29. The molecule has 2 heteroatoms. The van der Waals surface area contributed by atoms with Gasteiger partial charge in [0.1, 0.15) is 6.17 Å². The molecule has 1 N–H and O–H groups in total. The third-order valence-electron chi connectivity index (χ3n) is 2.70. The van der Waals surface area contributed by atoms with E-state index in [1.165, 1.54) is 0 Å². The quantitative estimate of drug-likeness (QED) is 0.552. The summed E-state index contributed by atoms with van der Waals surface area (Å²) in [5.41, 5.74) is 0. The van der Waals surface area contributed by atoms with Gasteiger partial charge in [0.25, 0.3) is 0 Å². The van der Waals surface area contributed by atoms with Crippen LogP contribution in [0.15, 0.2) is 0 Å². The van der Waals surface area contributed by atoms with Crippen LogP contribution in [0.2, 0.25) is 0 Å². The first kappa shape index (κ1) is 7.99. The number of aliphatic hydroxyl groups excluding tert-OH is 1. The van der Waals surface area contributed by atoms with E-state index in [9.17, 15) is 9.50 Å². The van der Waals surface area contributed by atoms with Crippen LogP contribution in [0.4, 0.5) is 4.39 Å². The summed E-state index contributed by atoms with van der Waals surface area (Å²) in [6, 6.07) is 0. The molecule has 1 saturated carbocycles. The Morgan fingerprint density at radius 2 is 1.90 bits per heavy atom. The molecular formula is C8H15FO. The van der Waals surface area contributed by atoms with Crippen molar-refractivity contribution in [2.75, 3.05) is 0 Å². The van der Waals surface area contributed by atoms with Crippen LogP contribution in [-0.2, 0) is 0 Å². The van der Waals surface area contributed by atoms with Crippen LogP contribution < -0.4 is 0 Å². The average Bonchev–Trinajstić information content (AvgIpc) is 1.93. The lowest BCUT2D eigenvalue weighted by Gasteiger charge is -2.32. The van der Waals surface area contributed by atoms with E-state index in [2.05, 4.69) is 6.92 Å².